The van der Waals surface area contributed by atoms with Crippen molar-refractivity contribution in [3.8, 4) is 0 Å². The summed E-state index contributed by atoms with van der Waals surface area (Å²) in [4.78, 5) is 0. The monoisotopic (exact) mass is 156 g/mol. The molecule has 64 valence electrons. The largest absolute Gasteiger partial charge is 0.385 e. The van der Waals surface area contributed by atoms with Crippen LogP contribution in [0.3, 0.4) is 0 Å². The van der Waals surface area contributed by atoms with Crippen LogP contribution in [-0.4, -0.2) is 25.9 Å². The summed E-state index contributed by atoms with van der Waals surface area (Å²) >= 11 is 0. The molecule has 1 aliphatic rings. The molecule has 1 heterocycles. The molecule has 0 amide bonds. The topological polar surface area (TPSA) is 21.8 Å². The number of hydrogen-bond donors (Lipinski definition) is 0. The Labute approximate surface area is 68.2 Å². The highest BCUT2D eigenvalue weighted by Crippen LogP contribution is 2.27. The van der Waals surface area contributed by atoms with Gasteiger partial charge in [0.15, 0.2) is 0 Å². The second-order valence-electron chi connectivity index (χ2n) is 2.86. The van der Waals surface area contributed by atoms with Crippen LogP contribution < -0.4 is 0 Å². The van der Waals surface area contributed by atoms with Gasteiger partial charge in [0.1, 0.15) is 6.10 Å². The summed E-state index contributed by atoms with van der Waals surface area (Å²) < 4.78 is 10.2. The van der Waals surface area contributed by atoms with Crippen molar-refractivity contribution < 1.29 is 9.47 Å². The summed E-state index contributed by atoms with van der Waals surface area (Å²) in [6.07, 6.45) is 6.17. The highest BCUT2D eigenvalue weighted by molar-refractivity contribution is 4.97. The van der Waals surface area contributed by atoms with E-state index in [1.165, 1.54) is 6.42 Å². The van der Waals surface area contributed by atoms with E-state index in [9.17, 15) is 0 Å². The van der Waals surface area contributed by atoms with Gasteiger partial charge in [-0.25, -0.2) is 0 Å². The molecule has 0 saturated carbocycles. The summed E-state index contributed by atoms with van der Waals surface area (Å²) in [6, 6.07) is 0. The predicted octanol–water partition coefficient (Wildman–Crippen LogP) is 1.76. The van der Waals surface area contributed by atoms with Crippen molar-refractivity contribution in [2.24, 2.45) is 0 Å². The molecule has 1 fully saturated rings. The molecule has 0 N–H and O–H groups in total. The minimum atomic E-state index is 0.345. The summed E-state index contributed by atoms with van der Waals surface area (Å²) in [5.41, 5.74) is 0. The lowest BCUT2D eigenvalue weighted by atomic mass is 10.1. The molecule has 2 atom stereocenters. The second kappa shape index (κ2) is 4.52. The Bertz CT molecular complexity index is 123. The van der Waals surface area contributed by atoms with E-state index in [4.69, 9.17) is 9.47 Å². The van der Waals surface area contributed by atoms with E-state index in [1.54, 1.807) is 7.11 Å². The highest BCUT2D eigenvalue weighted by Gasteiger charge is 2.34. The Morgan fingerprint density at radius 1 is 1.55 bits per heavy atom. The Morgan fingerprint density at radius 2 is 2.36 bits per heavy atom. The van der Waals surface area contributed by atoms with Gasteiger partial charge in [-0.15, -0.1) is 6.58 Å². The summed E-state index contributed by atoms with van der Waals surface area (Å²) in [6.45, 7) is 4.53. The van der Waals surface area contributed by atoms with E-state index in [2.05, 4.69) is 6.58 Å². The van der Waals surface area contributed by atoms with E-state index < -0.39 is 0 Å². The Balaban J connectivity index is 1.85. The van der Waals surface area contributed by atoms with Crippen LogP contribution in [0.2, 0.25) is 0 Å². The number of epoxide rings is 1. The van der Waals surface area contributed by atoms with Crippen LogP contribution >= 0.6 is 0 Å². The molecule has 1 rings (SSSR count). The third-order valence-corrected chi connectivity index (χ3v) is 1.94. The van der Waals surface area contributed by atoms with Gasteiger partial charge < -0.3 is 9.47 Å². The fraction of sp³-hybridized carbons (Fsp3) is 0.778. The first kappa shape index (κ1) is 8.75. The molecule has 0 aromatic carbocycles. The Hall–Kier alpha value is -0.340. The molecule has 0 aliphatic carbocycles. The van der Waals surface area contributed by atoms with Crippen LogP contribution in [0.5, 0.6) is 0 Å². The third kappa shape index (κ3) is 3.04. The number of hydrogen-bond acceptors (Lipinski definition) is 2. The number of rotatable bonds is 6. The van der Waals surface area contributed by atoms with Gasteiger partial charge in [-0.05, 0) is 19.3 Å². The molecule has 2 unspecified atom stereocenters. The van der Waals surface area contributed by atoms with Crippen LogP contribution in [0.15, 0.2) is 12.7 Å². The lowest BCUT2D eigenvalue weighted by Crippen LogP contribution is -1.93. The predicted molar refractivity (Wildman–Crippen MR) is 44.6 cm³/mol. The molecule has 2 heteroatoms. The molecule has 11 heavy (non-hydrogen) atoms. The van der Waals surface area contributed by atoms with Gasteiger partial charge in [0.05, 0.1) is 6.10 Å². The van der Waals surface area contributed by atoms with Crippen molar-refractivity contribution in [1.29, 1.82) is 0 Å². The van der Waals surface area contributed by atoms with Gasteiger partial charge in [-0.3, -0.25) is 0 Å². The molecule has 0 aromatic heterocycles. The van der Waals surface area contributed by atoms with Gasteiger partial charge in [0, 0.05) is 13.7 Å². The normalized spacial score (nSPS) is 28.5. The Kier molecular flexibility index (Phi) is 3.60. The standard InChI is InChI=1S/C9H16O2/c1-3-8-9(11-8)6-4-5-7-10-2/h3,8-9H,1,4-7H2,2H3. The van der Waals surface area contributed by atoms with Crippen LogP contribution in [0.25, 0.3) is 0 Å². The van der Waals surface area contributed by atoms with Gasteiger partial charge >= 0.3 is 0 Å². The zero-order valence-corrected chi connectivity index (χ0v) is 7.08. The molecule has 2 nitrogen and oxygen atoms in total. The molecule has 1 aliphatic heterocycles. The second-order valence-corrected chi connectivity index (χ2v) is 2.86. The summed E-state index contributed by atoms with van der Waals surface area (Å²) in [5.74, 6) is 0. The molecule has 0 bridgehead atoms. The molecule has 0 radical (unpaired) electrons. The van der Waals surface area contributed by atoms with Crippen LogP contribution in [0, 0.1) is 0 Å². The van der Waals surface area contributed by atoms with Gasteiger partial charge in [0.2, 0.25) is 0 Å². The van der Waals surface area contributed by atoms with E-state index in [0.29, 0.717) is 12.2 Å². The minimum Gasteiger partial charge on any atom is -0.385 e. The summed E-state index contributed by atoms with van der Waals surface area (Å²) in [5, 5.41) is 0. The van der Waals surface area contributed by atoms with Gasteiger partial charge in [-0.2, -0.15) is 0 Å². The van der Waals surface area contributed by atoms with Crippen molar-refractivity contribution in [3.05, 3.63) is 12.7 Å². The van der Waals surface area contributed by atoms with Gasteiger partial charge in [-0.1, -0.05) is 6.08 Å². The maximum Gasteiger partial charge on any atom is 0.102 e. The van der Waals surface area contributed by atoms with Crippen molar-refractivity contribution in [3.63, 3.8) is 0 Å². The SMILES string of the molecule is C=CC1OC1CCCCOC. The van der Waals surface area contributed by atoms with E-state index in [-0.39, 0.29) is 0 Å². The zero-order chi connectivity index (χ0) is 8.10. The molecular formula is C9H16O2. The first-order chi connectivity index (χ1) is 5.38. The van der Waals surface area contributed by atoms with Crippen molar-refractivity contribution >= 4 is 0 Å². The van der Waals surface area contributed by atoms with E-state index >= 15 is 0 Å². The number of unbranched alkanes of at least 4 members (excludes halogenated alkanes) is 1. The van der Waals surface area contributed by atoms with Crippen molar-refractivity contribution in [2.75, 3.05) is 13.7 Å². The Morgan fingerprint density at radius 3 is 2.91 bits per heavy atom. The van der Waals surface area contributed by atoms with Crippen molar-refractivity contribution in [2.45, 2.75) is 31.5 Å². The first-order valence-electron chi connectivity index (χ1n) is 4.15. The lowest BCUT2D eigenvalue weighted by molar-refractivity contribution is 0.191. The molecule has 0 spiro atoms. The quantitative estimate of drug-likeness (QED) is 0.332. The van der Waals surface area contributed by atoms with Crippen LogP contribution in [0.4, 0.5) is 0 Å². The molecule has 0 aromatic rings. The van der Waals surface area contributed by atoms with Crippen LogP contribution in [-0.2, 0) is 9.47 Å². The number of ether oxygens (including phenoxy) is 2. The average molecular weight is 156 g/mol. The fourth-order valence-electron chi connectivity index (χ4n) is 1.19. The lowest BCUT2D eigenvalue weighted by Gasteiger charge is -1.95. The minimum absolute atomic E-state index is 0.345. The molecule has 1 saturated heterocycles. The fourth-order valence-corrected chi connectivity index (χ4v) is 1.19. The highest BCUT2D eigenvalue weighted by atomic mass is 16.6. The summed E-state index contributed by atoms with van der Waals surface area (Å²) in [7, 11) is 1.74. The first-order valence-corrected chi connectivity index (χ1v) is 4.15. The van der Waals surface area contributed by atoms with Gasteiger partial charge in [0.25, 0.3) is 0 Å². The third-order valence-electron chi connectivity index (χ3n) is 1.94. The number of methoxy groups -OCH3 is 1. The van der Waals surface area contributed by atoms with E-state index in [0.717, 1.165) is 19.4 Å². The van der Waals surface area contributed by atoms with Crippen molar-refractivity contribution in [1.82, 2.24) is 0 Å². The maximum absolute atomic E-state index is 5.29. The van der Waals surface area contributed by atoms with E-state index in [1.807, 2.05) is 6.08 Å². The maximum atomic E-state index is 5.29. The average Bonchev–Trinajstić information content (AvgIpc) is 2.77. The smallest absolute Gasteiger partial charge is 0.102 e. The zero-order valence-electron chi connectivity index (χ0n) is 7.08. The van der Waals surface area contributed by atoms with Crippen LogP contribution in [0.1, 0.15) is 19.3 Å². The molecular weight excluding hydrogens is 140 g/mol.